The molecule has 0 saturated heterocycles. The van der Waals surface area contributed by atoms with Gasteiger partial charge in [0.15, 0.2) is 0 Å². The molecule has 130 valence electrons. The first-order chi connectivity index (χ1) is 12.5. The number of hydrogen-bond acceptors (Lipinski definition) is 5. The van der Waals surface area contributed by atoms with E-state index in [4.69, 9.17) is 16.0 Å². The number of carbonyl (C=O) groups is 1. The van der Waals surface area contributed by atoms with E-state index in [1.54, 1.807) is 54.6 Å². The lowest BCUT2D eigenvalue weighted by Gasteiger charge is -1.99. The molecule has 0 saturated carbocycles. The minimum Gasteiger partial charge on any atom is -0.455 e. The summed E-state index contributed by atoms with van der Waals surface area (Å²) in [6, 6.07) is 15.8. The molecule has 0 aliphatic carbocycles. The van der Waals surface area contributed by atoms with E-state index < -0.39 is 10.8 Å². The fourth-order valence-corrected chi connectivity index (χ4v) is 2.35. The Morgan fingerprint density at radius 2 is 1.85 bits per heavy atom. The van der Waals surface area contributed by atoms with Crippen molar-refractivity contribution in [2.24, 2.45) is 5.10 Å². The lowest BCUT2D eigenvalue weighted by Crippen LogP contribution is -2.17. The minimum atomic E-state index is -0.474. The Morgan fingerprint density at radius 1 is 1.12 bits per heavy atom. The lowest BCUT2D eigenvalue weighted by atomic mass is 10.1. The Hall–Kier alpha value is -3.45. The van der Waals surface area contributed by atoms with Crippen molar-refractivity contribution in [2.75, 3.05) is 0 Å². The highest BCUT2D eigenvalue weighted by Crippen LogP contribution is 2.30. The van der Waals surface area contributed by atoms with Gasteiger partial charge >= 0.3 is 0 Å². The summed E-state index contributed by atoms with van der Waals surface area (Å²) in [4.78, 5) is 22.5. The van der Waals surface area contributed by atoms with Crippen LogP contribution in [0.25, 0.3) is 11.3 Å². The zero-order valence-corrected chi connectivity index (χ0v) is 14.0. The maximum Gasteiger partial charge on any atom is 0.280 e. The smallest absolute Gasteiger partial charge is 0.280 e. The second-order valence-corrected chi connectivity index (χ2v) is 5.62. The summed E-state index contributed by atoms with van der Waals surface area (Å²) >= 11 is 5.77. The number of carbonyl (C=O) groups excluding carboxylic acids is 1. The number of para-hydroxylation sites is 1. The molecule has 1 amide bonds. The third-order valence-electron chi connectivity index (χ3n) is 3.46. The molecule has 1 aromatic heterocycles. The van der Waals surface area contributed by atoms with Gasteiger partial charge in [0.05, 0.1) is 16.7 Å². The van der Waals surface area contributed by atoms with Gasteiger partial charge in [-0.1, -0.05) is 23.7 Å². The van der Waals surface area contributed by atoms with Crippen LogP contribution >= 0.6 is 11.6 Å². The molecule has 2 aromatic carbocycles. The van der Waals surface area contributed by atoms with Crippen molar-refractivity contribution < 1.29 is 14.1 Å². The number of nitro groups is 1. The van der Waals surface area contributed by atoms with E-state index in [0.717, 1.165) is 0 Å². The van der Waals surface area contributed by atoms with Crippen LogP contribution in [0.4, 0.5) is 5.69 Å². The molecule has 8 heteroatoms. The number of nitrogens with zero attached hydrogens (tertiary/aromatic N) is 2. The van der Waals surface area contributed by atoms with Gasteiger partial charge in [0.2, 0.25) is 0 Å². The average Bonchev–Trinajstić information content (AvgIpc) is 3.11. The lowest BCUT2D eigenvalue weighted by molar-refractivity contribution is -0.384. The molecule has 0 unspecified atom stereocenters. The number of rotatable bonds is 5. The molecular weight excluding hydrogens is 358 g/mol. The van der Waals surface area contributed by atoms with Crippen molar-refractivity contribution in [3.05, 3.63) is 87.1 Å². The van der Waals surface area contributed by atoms with Gasteiger partial charge in [-0.2, -0.15) is 5.10 Å². The number of hydrazone groups is 1. The zero-order valence-electron chi connectivity index (χ0n) is 13.3. The monoisotopic (exact) mass is 369 g/mol. The third-order valence-corrected chi connectivity index (χ3v) is 3.71. The van der Waals surface area contributed by atoms with Gasteiger partial charge in [-0.15, -0.1) is 0 Å². The number of benzene rings is 2. The van der Waals surface area contributed by atoms with E-state index in [2.05, 4.69) is 10.5 Å². The Labute approximate surface area is 153 Å². The van der Waals surface area contributed by atoms with Gasteiger partial charge in [0, 0.05) is 16.7 Å². The van der Waals surface area contributed by atoms with Crippen molar-refractivity contribution in [3.8, 4) is 11.3 Å². The first-order valence-electron chi connectivity index (χ1n) is 7.47. The Bertz CT molecular complexity index is 980. The molecule has 0 atom stereocenters. The zero-order chi connectivity index (χ0) is 18.5. The average molecular weight is 370 g/mol. The van der Waals surface area contributed by atoms with Crippen LogP contribution in [0.1, 0.15) is 16.1 Å². The van der Waals surface area contributed by atoms with Crippen LogP contribution in [0.2, 0.25) is 5.02 Å². The van der Waals surface area contributed by atoms with E-state index >= 15 is 0 Å². The molecule has 0 spiro atoms. The van der Waals surface area contributed by atoms with Gasteiger partial charge in [0.1, 0.15) is 11.5 Å². The van der Waals surface area contributed by atoms with Crippen LogP contribution in [0.15, 0.2) is 70.2 Å². The fourth-order valence-electron chi connectivity index (χ4n) is 2.23. The molecule has 1 N–H and O–H groups in total. The highest BCUT2D eigenvalue weighted by Gasteiger charge is 2.16. The maximum atomic E-state index is 11.9. The van der Waals surface area contributed by atoms with Crippen LogP contribution in [-0.4, -0.2) is 17.0 Å². The predicted octanol–water partition coefficient (Wildman–Crippen LogP) is 4.27. The topological polar surface area (TPSA) is 97.7 Å². The second-order valence-electron chi connectivity index (χ2n) is 5.18. The first-order valence-corrected chi connectivity index (χ1v) is 7.85. The van der Waals surface area contributed by atoms with Crippen molar-refractivity contribution in [3.63, 3.8) is 0 Å². The predicted molar refractivity (Wildman–Crippen MR) is 97.3 cm³/mol. The highest BCUT2D eigenvalue weighted by atomic mass is 35.5. The Kier molecular flexibility index (Phi) is 5.09. The van der Waals surface area contributed by atoms with Crippen LogP contribution < -0.4 is 5.43 Å². The number of nitro benzene ring substituents is 1. The number of furan rings is 1. The number of hydrogen-bond donors (Lipinski definition) is 1. The summed E-state index contributed by atoms with van der Waals surface area (Å²) < 4.78 is 5.54. The normalized spacial score (nSPS) is 10.8. The highest BCUT2D eigenvalue weighted by molar-refractivity contribution is 6.30. The number of amides is 1. The van der Waals surface area contributed by atoms with E-state index in [0.29, 0.717) is 27.7 Å². The number of halogens is 1. The largest absolute Gasteiger partial charge is 0.455 e. The second kappa shape index (κ2) is 7.62. The van der Waals surface area contributed by atoms with Gasteiger partial charge < -0.3 is 4.42 Å². The van der Waals surface area contributed by atoms with Crippen LogP contribution in [0.5, 0.6) is 0 Å². The molecule has 7 nitrogen and oxygen atoms in total. The first kappa shape index (κ1) is 17.4. The van der Waals surface area contributed by atoms with Gasteiger partial charge in [0.25, 0.3) is 11.6 Å². The van der Waals surface area contributed by atoms with Crippen molar-refractivity contribution in [1.29, 1.82) is 0 Å². The SMILES string of the molecule is O=C(NN=Cc1ccc(-c2ccccc2[N+](=O)[O-])o1)c1ccc(Cl)cc1. The Balaban J connectivity index is 1.71. The molecule has 3 aromatic rings. The standard InChI is InChI=1S/C18H12ClN3O4/c19-13-7-5-12(6-8-13)18(23)21-20-11-14-9-10-17(26-14)15-3-1-2-4-16(15)22(24)25/h1-11H,(H,21,23). The maximum absolute atomic E-state index is 11.9. The fraction of sp³-hybridized carbons (Fsp3) is 0. The van der Waals surface area contributed by atoms with E-state index in [1.165, 1.54) is 12.3 Å². The van der Waals surface area contributed by atoms with E-state index in [1.807, 2.05) is 0 Å². The van der Waals surface area contributed by atoms with E-state index in [9.17, 15) is 14.9 Å². The molecule has 0 bridgehead atoms. The van der Waals surface area contributed by atoms with Crippen molar-refractivity contribution >= 4 is 29.4 Å². The molecule has 3 rings (SSSR count). The minimum absolute atomic E-state index is 0.0543. The van der Waals surface area contributed by atoms with Crippen LogP contribution in [0.3, 0.4) is 0 Å². The summed E-state index contributed by atoms with van der Waals surface area (Å²) in [7, 11) is 0. The van der Waals surface area contributed by atoms with Gasteiger partial charge in [-0.25, -0.2) is 5.43 Å². The Morgan fingerprint density at radius 3 is 2.58 bits per heavy atom. The molecule has 0 radical (unpaired) electrons. The van der Waals surface area contributed by atoms with Crippen molar-refractivity contribution in [2.45, 2.75) is 0 Å². The van der Waals surface area contributed by atoms with Gasteiger partial charge in [-0.3, -0.25) is 14.9 Å². The molecule has 0 aliphatic rings. The van der Waals surface area contributed by atoms with Crippen LogP contribution in [-0.2, 0) is 0 Å². The van der Waals surface area contributed by atoms with Crippen LogP contribution in [0, 0.1) is 10.1 Å². The summed E-state index contributed by atoms with van der Waals surface area (Å²) in [6.07, 6.45) is 1.31. The molecule has 0 fully saturated rings. The third kappa shape index (κ3) is 3.96. The molecule has 1 heterocycles. The summed E-state index contributed by atoms with van der Waals surface area (Å²) in [5.74, 6) is 0.278. The number of nitrogens with one attached hydrogen (secondary N) is 1. The summed E-state index contributed by atoms with van der Waals surface area (Å²) in [5.41, 5.74) is 3.08. The van der Waals surface area contributed by atoms with Crippen molar-refractivity contribution in [1.82, 2.24) is 5.43 Å². The quantitative estimate of drug-likeness (QED) is 0.412. The summed E-state index contributed by atoms with van der Waals surface area (Å²) in [6.45, 7) is 0. The summed E-state index contributed by atoms with van der Waals surface area (Å²) in [5, 5.41) is 15.4. The van der Waals surface area contributed by atoms with E-state index in [-0.39, 0.29) is 5.69 Å². The molecular formula is C18H12ClN3O4. The molecule has 26 heavy (non-hydrogen) atoms. The molecule has 0 aliphatic heterocycles. The van der Waals surface area contributed by atoms with Gasteiger partial charge in [-0.05, 0) is 42.5 Å².